The van der Waals surface area contributed by atoms with Crippen LogP contribution < -0.4 is 27.0 Å². The van der Waals surface area contributed by atoms with Crippen LogP contribution in [0.5, 0.6) is 0 Å². The third-order valence-corrected chi connectivity index (χ3v) is 5.63. The standard InChI is InChI=1S/C25H34N6O8/c1-15(28-20(33)11-13-31-21(34)9-10-22(31)35)23(36)30-19(4-3-12-27-25(26)38)24(37)29-18-7-5-17(6-8-18)14-39-16(2)32/h5-10,15,19,21,34H,3-4,11-14H2,1-2H3,(H,28,33)(H,29,37)(H,30,36)(H3,26,27,38)/t15-,19-,21?/m0/s1. The summed E-state index contributed by atoms with van der Waals surface area (Å²) in [7, 11) is 0. The number of nitrogens with zero attached hydrogens (tertiary/aromatic N) is 1. The molecular formula is C25H34N6O8. The SMILES string of the molecule is CC(=O)OCc1ccc(NC(=O)[C@H](CCCNC(N)=O)NC(=O)[C@H](C)NC(=O)CCN2C(=O)C=CC2O)cc1. The number of benzene rings is 1. The Hall–Kier alpha value is -4.46. The van der Waals surface area contributed by atoms with Gasteiger partial charge in [-0.3, -0.25) is 24.0 Å². The van der Waals surface area contributed by atoms with Gasteiger partial charge >= 0.3 is 12.0 Å². The molecule has 0 aliphatic carbocycles. The normalized spacial score (nSPS) is 15.7. The van der Waals surface area contributed by atoms with Crippen LogP contribution in [-0.4, -0.2) is 77.0 Å². The van der Waals surface area contributed by atoms with Crippen LogP contribution in [0.3, 0.4) is 0 Å². The maximum Gasteiger partial charge on any atom is 0.312 e. The number of hydrogen-bond donors (Lipinski definition) is 6. The molecule has 1 aromatic carbocycles. The number of carbonyl (C=O) groups is 6. The van der Waals surface area contributed by atoms with E-state index >= 15 is 0 Å². The number of urea groups is 1. The summed E-state index contributed by atoms with van der Waals surface area (Å²) in [4.78, 5) is 72.7. The van der Waals surface area contributed by atoms with Crippen molar-refractivity contribution in [2.45, 2.75) is 58.0 Å². The zero-order valence-corrected chi connectivity index (χ0v) is 21.8. The number of aliphatic hydroxyl groups is 1. The van der Waals surface area contributed by atoms with E-state index in [4.69, 9.17) is 10.5 Å². The molecule has 0 spiro atoms. The monoisotopic (exact) mass is 546 g/mol. The predicted molar refractivity (Wildman–Crippen MR) is 138 cm³/mol. The maximum atomic E-state index is 13.0. The molecule has 0 bridgehead atoms. The number of nitrogens with one attached hydrogen (secondary N) is 4. The fourth-order valence-corrected chi connectivity index (χ4v) is 3.52. The topological polar surface area (TPSA) is 209 Å². The van der Waals surface area contributed by atoms with E-state index in [1.54, 1.807) is 24.3 Å². The van der Waals surface area contributed by atoms with Crippen molar-refractivity contribution in [3.05, 3.63) is 42.0 Å². The summed E-state index contributed by atoms with van der Waals surface area (Å²) in [5.74, 6) is -2.50. The van der Waals surface area contributed by atoms with E-state index in [0.29, 0.717) is 12.1 Å². The van der Waals surface area contributed by atoms with Gasteiger partial charge in [-0.25, -0.2) is 4.79 Å². The second-order valence-corrected chi connectivity index (χ2v) is 8.80. The fraction of sp³-hybridized carbons (Fsp3) is 0.440. The third-order valence-electron chi connectivity index (χ3n) is 5.63. The van der Waals surface area contributed by atoms with Crippen molar-refractivity contribution in [1.82, 2.24) is 20.9 Å². The van der Waals surface area contributed by atoms with E-state index in [-0.39, 0.29) is 32.5 Å². The van der Waals surface area contributed by atoms with Crippen molar-refractivity contribution in [2.24, 2.45) is 5.73 Å². The summed E-state index contributed by atoms with van der Waals surface area (Å²) < 4.78 is 4.93. The zero-order valence-electron chi connectivity index (χ0n) is 21.8. The lowest BCUT2D eigenvalue weighted by Crippen LogP contribution is -2.52. The van der Waals surface area contributed by atoms with E-state index in [1.807, 2.05) is 0 Å². The highest BCUT2D eigenvalue weighted by Gasteiger charge is 2.26. The van der Waals surface area contributed by atoms with Gasteiger partial charge in [0, 0.05) is 38.2 Å². The minimum atomic E-state index is -1.10. The Kier molecular flexibility index (Phi) is 11.9. The molecule has 6 amide bonds. The van der Waals surface area contributed by atoms with Gasteiger partial charge in [0.05, 0.1) is 0 Å². The first-order chi connectivity index (χ1) is 18.5. The molecule has 1 unspecified atom stereocenters. The molecule has 39 heavy (non-hydrogen) atoms. The number of anilines is 1. The molecular weight excluding hydrogens is 512 g/mol. The first kappa shape index (κ1) is 30.8. The van der Waals surface area contributed by atoms with Crippen LogP contribution in [-0.2, 0) is 35.3 Å². The molecule has 0 radical (unpaired) electrons. The lowest BCUT2D eigenvalue weighted by molar-refractivity contribution is -0.142. The van der Waals surface area contributed by atoms with Crippen molar-refractivity contribution in [1.29, 1.82) is 0 Å². The van der Waals surface area contributed by atoms with Crippen LogP contribution in [0.15, 0.2) is 36.4 Å². The average molecular weight is 547 g/mol. The lowest BCUT2D eigenvalue weighted by atomic mass is 10.1. The summed E-state index contributed by atoms with van der Waals surface area (Å²) in [6, 6.07) is 3.85. The van der Waals surface area contributed by atoms with E-state index in [1.165, 1.54) is 26.0 Å². The van der Waals surface area contributed by atoms with Crippen LogP contribution in [0, 0.1) is 0 Å². The molecule has 2 rings (SSSR count). The highest BCUT2D eigenvalue weighted by atomic mass is 16.5. The Morgan fingerprint density at radius 3 is 2.38 bits per heavy atom. The number of rotatable bonds is 14. The zero-order chi connectivity index (χ0) is 28.9. The van der Waals surface area contributed by atoms with Gasteiger partial charge in [0.1, 0.15) is 24.9 Å². The van der Waals surface area contributed by atoms with Crippen molar-refractivity contribution in [2.75, 3.05) is 18.4 Å². The maximum absolute atomic E-state index is 13.0. The van der Waals surface area contributed by atoms with Crippen molar-refractivity contribution in [3.63, 3.8) is 0 Å². The van der Waals surface area contributed by atoms with Crippen molar-refractivity contribution in [3.8, 4) is 0 Å². The van der Waals surface area contributed by atoms with Gasteiger partial charge in [-0.05, 0) is 43.5 Å². The summed E-state index contributed by atoms with van der Waals surface area (Å²) in [5.41, 5.74) is 6.22. The van der Waals surface area contributed by atoms with E-state index < -0.39 is 53.9 Å². The molecule has 1 heterocycles. The first-order valence-corrected chi connectivity index (χ1v) is 12.3. The van der Waals surface area contributed by atoms with Crippen molar-refractivity contribution < 1.29 is 38.6 Å². The number of amides is 6. The molecule has 14 nitrogen and oxygen atoms in total. The number of carbonyl (C=O) groups excluding carboxylic acids is 6. The Balaban J connectivity index is 1.94. The molecule has 3 atom stereocenters. The van der Waals surface area contributed by atoms with Gasteiger partial charge in [-0.1, -0.05) is 12.1 Å². The van der Waals surface area contributed by atoms with Crippen LogP contribution >= 0.6 is 0 Å². The van der Waals surface area contributed by atoms with Crippen molar-refractivity contribution >= 4 is 41.3 Å². The second-order valence-electron chi connectivity index (χ2n) is 8.80. The Morgan fingerprint density at radius 2 is 1.79 bits per heavy atom. The highest BCUT2D eigenvalue weighted by Crippen LogP contribution is 2.12. The summed E-state index contributed by atoms with van der Waals surface area (Å²) in [5, 5.41) is 19.9. The number of hydrogen-bond acceptors (Lipinski definition) is 8. The number of nitrogens with two attached hydrogens (primary N) is 1. The molecule has 1 aliphatic rings. The first-order valence-electron chi connectivity index (χ1n) is 12.3. The minimum absolute atomic E-state index is 0.0370. The summed E-state index contributed by atoms with van der Waals surface area (Å²) >= 11 is 0. The Bertz CT molecular complexity index is 1090. The highest BCUT2D eigenvalue weighted by molar-refractivity contribution is 5.98. The molecule has 14 heteroatoms. The number of ether oxygens (including phenoxy) is 1. The molecule has 1 aromatic rings. The largest absolute Gasteiger partial charge is 0.461 e. The molecule has 0 aromatic heterocycles. The molecule has 0 saturated heterocycles. The summed E-state index contributed by atoms with van der Waals surface area (Å²) in [6.07, 6.45) is 1.75. The van der Waals surface area contributed by atoms with Gasteiger partial charge in [-0.15, -0.1) is 0 Å². The molecule has 0 saturated carbocycles. The van der Waals surface area contributed by atoms with Gasteiger partial charge in [0.25, 0.3) is 0 Å². The number of aliphatic hydroxyl groups excluding tert-OH is 1. The number of esters is 1. The smallest absolute Gasteiger partial charge is 0.312 e. The van der Waals surface area contributed by atoms with Gasteiger partial charge in [-0.2, -0.15) is 0 Å². The van der Waals surface area contributed by atoms with E-state index in [9.17, 15) is 33.9 Å². The fourth-order valence-electron chi connectivity index (χ4n) is 3.52. The van der Waals surface area contributed by atoms with Gasteiger partial charge in [0.15, 0.2) is 0 Å². The lowest BCUT2D eigenvalue weighted by Gasteiger charge is -2.22. The quantitative estimate of drug-likeness (QED) is 0.129. The third kappa shape index (κ3) is 10.8. The minimum Gasteiger partial charge on any atom is -0.461 e. The average Bonchev–Trinajstić information content (AvgIpc) is 3.20. The number of primary amides is 1. The molecule has 0 fully saturated rings. The van der Waals surface area contributed by atoms with E-state index in [2.05, 4.69) is 21.3 Å². The molecule has 212 valence electrons. The van der Waals surface area contributed by atoms with Crippen LogP contribution in [0.4, 0.5) is 10.5 Å². The second kappa shape index (κ2) is 15.1. The molecule has 7 N–H and O–H groups in total. The van der Waals surface area contributed by atoms with E-state index in [0.717, 1.165) is 10.5 Å². The van der Waals surface area contributed by atoms with Crippen LogP contribution in [0.2, 0.25) is 0 Å². The van der Waals surface area contributed by atoms with Crippen LogP contribution in [0.25, 0.3) is 0 Å². The Labute approximate surface area is 225 Å². The summed E-state index contributed by atoms with van der Waals surface area (Å²) in [6.45, 7) is 2.97. The molecule has 1 aliphatic heterocycles. The predicted octanol–water partition coefficient (Wildman–Crippen LogP) is -0.767. The Morgan fingerprint density at radius 1 is 1.10 bits per heavy atom. The van der Waals surface area contributed by atoms with Gasteiger partial charge in [0.2, 0.25) is 23.6 Å². The van der Waals surface area contributed by atoms with Crippen LogP contribution in [0.1, 0.15) is 38.7 Å². The van der Waals surface area contributed by atoms with Gasteiger partial charge < -0.3 is 41.7 Å².